The third-order valence-corrected chi connectivity index (χ3v) is 5.27. The summed E-state index contributed by atoms with van der Waals surface area (Å²) < 4.78 is 5.33. The van der Waals surface area contributed by atoms with E-state index in [0.29, 0.717) is 16.0 Å². The zero-order valence-electron chi connectivity index (χ0n) is 16.4. The van der Waals surface area contributed by atoms with Crippen molar-refractivity contribution < 1.29 is 19.2 Å². The first-order valence-corrected chi connectivity index (χ1v) is 10.3. The SMILES string of the molecule is CSc1ccc(C(=O)c2ccccc2C(=O)OCc2ccc(C#N)cc2)cc1[N+](=O)[O-]. The Morgan fingerprint density at radius 2 is 1.74 bits per heavy atom. The van der Waals surface area contributed by atoms with Gasteiger partial charge in [-0.3, -0.25) is 14.9 Å². The molecule has 0 bridgehead atoms. The number of hydrogen-bond acceptors (Lipinski definition) is 7. The van der Waals surface area contributed by atoms with Crippen LogP contribution in [-0.4, -0.2) is 22.9 Å². The van der Waals surface area contributed by atoms with Gasteiger partial charge in [0.15, 0.2) is 5.78 Å². The molecule has 0 atom stereocenters. The van der Waals surface area contributed by atoms with Crippen LogP contribution in [0, 0.1) is 21.4 Å². The smallest absolute Gasteiger partial charge is 0.339 e. The van der Waals surface area contributed by atoms with E-state index in [1.165, 1.54) is 42.1 Å². The number of esters is 1. The predicted molar refractivity (Wildman–Crippen MR) is 115 cm³/mol. The second-order valence-corrected chi connectivity index (χ2v) is 7.25. The summed E-state index contributed by atoms with van der Waals surface area (Å²) in [5.74, 6) is -1.20. The van der Waals surface area contributed by atoms with Crippen LogP contribution in [0.1, 0.15) is 37.4 Å². The largest absolute Gasteiger partial charge is 0.457 e. The van der Waals surface area contributed by atoms with Gasteiger partial charge in [0.1, 0.15) is 6.61 Å². The number of ether oxygens (including phenoxy) is 1. The van der Waals surface area contributed by atoms with Crippen LogP contribution in [0.5, 0.6) is 0 Å². The number of nitriles is 1. The molecule has 7 nitrogen and oxygen atoms in total. The van der Waals surface area contributed by atoms with Crippen molar-refractivity contribution >= 4 is 29.2 Å². The Morgan fingerprint density at radius 1 is 1.06 bits per heavy atom. The van der Waals surface area contributed by atoms with Crippen LogP contribution in [0.3, 0.4) is 0 Å². The third kappa shape index (κ3) is 4.97. The molecule has 0 aliphatic rings. The van der Waals surface area contributed by atoms with Crippen molar-refractivity contribution in [2.24, 2.45) is 0 Å². The molecule has 3 aromatic rings. The summed E-state index contributed by atoms with van der Waals surface area (Å²) >= 11 is 1.21. The van der Waals surface area contributed by atoms with Gasteiger partial charge in [-0.05, 0) is 42.2 Å². The van der Waals surface area contributed by atoms with Crippen LogP contribution in [-0.2, 0) is 11.3 Å². The number of rotatable bonds is 7. The van der Waals surface area contributed by atoms with Crippen LogP contribution in [0.2, 0.25) is 0 Å². The van der Waals surface area contributed by atoms with Gasteiger partial charge in [-0.1, -0.05) is 30.3 Å². The van der Waals surface area contributed by atoms with E-state index in [-0.39, 0.29) is 29.0 Å². The summed E-state index contributed by atoms with van der Waals surface area (Å²) in [5, 5.41) is 20.2. The second-order valence-electron chi connectivity index (χ2n) is 6.40. The summed E-state index contributed by atoms with van der Waals surface area (Å²) in [7, 11) is 0. The fraction of sp³-hybridized carbons (Fsp3) is 0.0870. The Labute approximate surface area is 182 Å². The van der Waals surface area contributed by atoms with Crippen molar-refractivity contribution in [3.05, 3.63) is 105 Å². The number of thioether (sulfide) groups is 1. The van der Waals surface area contributed by atoms with Crippen molar-refractivity contribution in [1.29, 1.82) is 5.26 Å². The van der Waals surface area contributed by atoms with E-state index in [9.17, 15) is 19.7 Å². The highest BCUT2D eigenvalue weighted by molar-refractivity contribution is 7.98. The van der Waals surface area contributed by atoms with Crippen LogP contribution < -0.4 is 0 Å². The first-order chi connectivity index (χ1) is 14.9. The summed E-state index contributed by atoms with van der Waals surface area (Å²) in [6, 6.07) is 19.0. The predicted octanol–water partition coefficient (Wildman–Crippen LogP) is 4.78. The number of nitro groups is 1. The van der Waals surface area contributed by atoms with E-state index < -0.39 is 16.7 Å². The summed E-state index contributed by atoms with van der Waals surface area (Å²) in [6.45, 7) is -0.0268. The van der Waals surface area contributed by atoms with Crippen molar-refractivity contribution in [3.8, 4) is 6.07 Å². The quantitative estimate of drug-likeness (QED) is 0.174. The Hall–Kier alpha value is -3.96. The van der Waals surface area contributed by atoms with Crippen LogP contribution >= 0.6 is 11.8 Å². The van der Waals surface area contributed by atoms with Gasteiger partial charge in [-0.15, -0.1) is 11.8 Å². The minimum absolute atomic E-state index is 0.0268. The van der Waals surface area contributed by atoms with Gasteiger partial charge < -0.3 is 4.74 Å². The lowest BCUT2D eigenvalue weighted by Crippen LogP contribution is -2.13. The van der Waals surface area contributed by atoms with E-state index in [2.05, 4.69) is 0 Å². The first-order valence-electron chi connectivity index (χ1n) is 9.07. The molecule has 8 heteroatoms. The fourth-order valence-corrected chi connectivity index (χ4v) is 3.44. The molecule has 31 heavy (non-hydrogen) atoms. The molecule has 0 heterocycles. The number of nitro benzene ring substituents is 1. The normalized spacial score (nSPS) is 10.2. The van der Waals surface area contributed by atoms with Gasteiger partial charge in [0.05, 0.1) is 27.0 Å². The lowest BCUT2D eigenvalue weighted by atomic mass is 9.98. The van der Waals surface area contributed by atoms with Crippen molar-refractivity contribution in [3.63, 3.8) is 0 Å². The maximum absolute atomic E-state index is 13.0. The molecule has 0 N–H and O–H groups in total. The molecule has 3 rings (SSSR count). The standard InChI is InChI=1S/C23H16N2O5S/c1-31-21-11-10-17(12-20(21)25(28)29)22(26)18-4-2-3-5-19(18)23(27)30-14-16-8-6-15(13-24)7-9-16/h2-12H,14H2,1H3. The average Bonchev–Trinajstić information content (AvgIpc) is 2.81. The molecular weight excluding hydrogens is 416 g/mol. The van der Waals surface area contributed by atoms with Gasteiger partial charge in [-0.25, -0.2) is 4.79 Å². The number of benzene rings is 3. The van der Waals surface area contributed by atoms with Crippen molar-refractivity contribution in [2.75, 3.05) is 6.26 Å². The Morgan fingerprint density at radius 3 is 2.35 bits per heavy atom. The second kappa shape index (κ2) is 9.69. The van der Waals surface area contributed by atoms with Gasteiger partial charge in [0.25, 0.3) is 5.69 Å². The summed E-state index contributed by atoms with van der Waals surface area (Å²) in [4.78, 5) is 36.9. The highest BCUT2D eigenvalue weighted by Gasteiger charge is 2.22. The van der Waals surface area contributed by atoms with Crippen LogP contribution in [0.15, 0.2) is 71.6 Å². The van der Waals surface area contributed by atoms with E-state index in [1.54, 1.807) is 42.7 Å². The Balaban J connectivity index is 1.84. The van der Waals surface area contributed by atoms with E-state index in [4.69, 9.17) is 10.00 Å². The molecule has 0 spiro atoms. The number of ketones is 1. The van der Waals surface area contributed by atoms with Crippen LogP contribution in [0.4, 0.5) is 5.69 Å². The molecule has 0 radical (unpaired) electrons. The molecule has 3 aromatic carbocycles. The monoisotopic (exact) mass is 432 g/mol. The Kier molecular flexibility index (Phi) is 6.80. The fourth-order valence-electron chi connectivity index (χ4n) is 2.89. The zero-order chi connectivity index (χ0) is 22.4. The van der Waals surface area contributed by atoms with Crippen LogP contribution in [0.25, 0.3) is 0 Å². The van der Waals surface area contributed by atoms with E-state index in [0.717, 1.165) is 0 Å². The summed E-state index contributed by atoms with van der Waals surface area (Å²) in [5.41, 5.74) is 1.29. The number of carbonyl (C=O) groups excluding carboxylic acids is 2. The lowest BCUT2D eigenvalue weighted by Gasteiger charge is -2.10. The number of carbonyl (C=O) groups is 2. The highest BCUT2D eigenvalue weighted by atomic mass is 32.2. The number of hydrogen-bond donors (Lipinski definition) is 0. The zero-order valence-corrected chi connectivity index (χ0v) is 17.2. The third-order valence-electron chi connectivity index (χ3n) is 4.48. The molecule has 0 aromatic heterocycles. The van der Waals surface area contributed by atoms with Gasteiger partial charge in [-0.2, -0.15) is 5.26 Å². The highest BCUT2D eigenvalue weighted by Crippen LogP contribution is 2.29. The Bertz CT molecular complexity index is 1200. The molecule has 0 aliphatic heterocycles. The average molecular weight is 432 g/mol. The van der Waals surface area contributed by atoms with Crippen molar-refractivity contribution in [2.45, 2.75) is 11.5 Å². The van der Waals surface area contributed by atoms with E-state index in [1.807, 2.05) is 6.07 Å². The molecule has 0 saturated heterocycles. The lowest BCUT2D eigenvalue weighted by molar-refractivity contribution is -0.387. The maximum atomic E-state index is 13.0. The minimum atomic E-state index is -0.691. The molecule has 0 fully saturated rings. The topological polar surface area (TPSA) is 110 Å². The first kappa shape index (κ1) is 21.7. The van der Waals surface area contributed by atoms with Gasteiger partial charge >= 0.3 is 5.97 Å². The molecule has 154 valence electrons. The maximum Gasteiger partial charge on any atom is 0.339 e. The van der Waals surface area contributed by atoms with Crippen molar-refractivity contribution in [1.82, 2.24) is 0 Å². The van der Waals surface area contributed by atoms with E-state index >= 15 is 0 Å². The van der Waals surface area contributed by atoms with Gasteiger partial charge in [0.2, 0.25) is 0 Å². The molecular formula is C23H16N2O5S. The summed E-state index contributed by atoms with van der Waals surface area (Å²) in [6.07, 6.45) is 1.71. The molecule has 0 unspecified atom stereocenters. The molecule has 0 amide bonds. The molecule has 0 aliphatic carbocycles. The number of nitrogens with zero attached hydrogens (tertiary/aromatic N) is 2. The van der Waals surface area contributed by atoms with Gasteiger partial charge in [0, 0.05) is 17.2 Å². The minimum Gasteiger partial charge on any atom is -0.457 e. The molecule has 0 saturated carbocycles.